The van der Waals surface area contributed by atoms with Crippen molar-refractivity contribution in [2.75, 3.05) is 12.4 Å². The van der Waals surface area contributed by atoms with E-state index in [1.807, 2.05) is 0 Å². The van der Waals surface area contributed by atoms with Gasteiger partial charge in [-0.3, -0.25) is 4.79 Å². The molecule has 0 fully saturated rings. The summed E-state index contributed by atoms with van der Waals surface area (Å²) in [5.41, 5.74) is 1.71. The number of halogens is 1. The highest BCUT2D eigenvalue weighted by atomic mass is 35.5. The topological polar surface area (TPSA) is 77.2 Å². The minimum atomic E-state index is -0.279. The fourth-order valence-electron chi connectivity index (χ4n) is 2.10. The second kappa shape index (κ2) is 6.72. The van der Waals surface area contributed by atoms with Crippen molar-refractivity contribution in [3.8, 4) is 17.2 Å². The molecule has 0 saturated carbocycles. The maximum Gasteiger partial charge on any atom is 0.257 e. The largest absolute Gasteiger partial charge is 0.497 e. The van der Waals surface area contributed by atoms with Crippen LogP contribution in [0.15, 0.2) is 47.0 Å². The number of ether oxygens (including phenoxy) is 1. The minimum Gasteiger partial charge on any atom is -0.497 e. The van der Waals surface area contributed by atoms with E-state index in [9.17, 15) is 4.79 Å². The minimum absolute atomic E-state index is 0.279. The molecule has 24 heavy (non-hydrogen) atoms. The highest BCUT2D eigenvalue weighted by molar-refractivity contribution is 6.34. The number of carbonyl (C=O) groups excluding carboxylic acids is 1. The summed E-state index contributed by atoms with van der Waals surface area (Å²) < 4.78 is 10.2. The Bertz CT molecular complexity index is 875. The van der Waals surface area contributed by atoms with Gasteiger partial charge in [-0.15, -0.1) is 0 Å². The number of benzene rings is 2. The van der Waals surface area contributed by atoms with Gasteiger partial charge in [-0.1, -0.05) is 16.8 Å². The number of methoxy groups -OCH3 is 1. The second-order valence-corrected chi connectivity index (χ2v) is 5.43. The molecule has 0 unspecified atom stereocenters. The van der Waals surface area contributed by atoms with Crippen molar-refractivity contribution < 1.29 is 14.1 Å². The van der Waals surface area contributed by atoms with Crippen LogP contribution in [0.1, 0.15) is 16.2 Å². The second-order valence-electron chi connectivity index (χ2n) is 5.02. The summed E-state index contributed by atoms with van der Waals surface area (Å²) in [5.74, 6) is 1.30. The summed E-state index contributed by atoms with van der Waals surface area (Å²) >= 11 is 6.09. The average Bonchev–Trinajstić information content (AvgIpc) is 3.03. The number of hydrogen-bond donors (Lipinski definition) is 1. The van der Waals surface area contributed by atoms with Crippen LogP contribution in [0, 0.1) is 6.92 Å². The number of carbonyl (C=O) groups is 1. The fourth-order valence-corrected chi connectivity index (χ4v) is 2.26. The number of aromatic nitrogens is 2. The Kier molecular flexibility index (Phi) is 4.48. The highest BCUT2D eigenvalue weighted by Crippen LogP contribution is 2.27. The Morgan fingerprint density at radius 3 is 2.58 bits per heavy atom. The molecule has 0 bridgehead atoms. The molecule has 0 aliphatic heterocycles. The SMILES string of the molecule is COc1ccc(Cl)c(NC(=O)c2ccc(-c3nc(C)no3)cc2)c1. The van der Waals surface area contributed by atoms with Crippen LogP contribution in [0.4, 0.5) is 5.69 Å². The van der Waals surface area contributed by atoms with Crippen LogP contribution in [0.2, 0.25) is 5.02 Å². The molecule has 3 aromatic rings. The number of amides is 1. The number of aryl methyl sites for hydroxylation is 1. The summed E-state index contributed by atoms with van der Waals surface area (Å²) in [6.45, 7) is 1.74. The number of rotatable bonds is 4. The van der Waals surface area contributed by atoms with Crippen molar-refractivity contribution in [3.63, 3.8) is 0 Å². The van der Waals surface area contributed by atoms with Crippen LogP contribution in [0.5, 0.6) is 5.75 Å². The summed E-state index contributed by atoms with van der Waals surface area (Å²) in [4.78, 5) is 16.5. The van der Waals surface area contributed by atoms with Gasteiger partial charge in [0.1, 0.15) is 5.75 Å². The molecule has 7 heteroatoms. The van der Waals surface area contributed by atoms with Crippen molar-refractivity contribution in [2.45, 2.75) is 6.92 Å². The lowest BCUT2D eigenvalue weighted by molar-refractivity contribution is 0.102. The molecule has 1 heterocycles. The van der Waals surface area contributed by atoms with Gasteiger partial charge in [-0.05, 0) is 43.3 Å². The first-order chi connectivity index (χ1) is 11.6. The van der Waals surface area contributed by atoms with Crippen molar-refractivity contribution in [2.24, 2.45) is 0 Å². The molecular formula is C17H14ClN3O3. The summed E-state index contributed by atoms with van der Waals surface area (Å²) in [6.07, 6.45) is 0. The van der Waals surface area contributed by atoms with E-state index >= 15 is 0 Å². The Morgan fingerprint density at radius 2 is 1.96 bits per heavy atom. The first-order valence-corrected chi connectivity index (χ1v) is 7.50. The van der Waals surface area contributed by atoms with Crippen LogP contribution < -0.4 is 10.1 Å². The molecule has 0 saturated heterocycles. The Balaban J connectivity index is 1.78. The van der Waals surface area contributed by atoms with E-state index in [1.54, 1.807) is 56.5 Å². The molecule has 122 valence electrons. The van der Waals surface area contributed by atoms with Crippen molar-refractivity contribution in [3.05, 3.63) is 58.9 Å². The molecular weight excluding hydrogens is 330 g/mol. The molecule has 1 amide bonds. The molecule has 1 N–H and O–H groups in total. The summed E-state index contributed by atoms with van der Waals surface area (Å²) in [5, 5.41) is 6.94. The van der Waals surface area contributed by atoms with Gasteiger partial charge >= 0.3 is 0 Å². The summed E-state index contributed by atoms with van der Waals surface area (Å²) in [7, 11) is 1.55. The average molecular weight is 344 g/mol. The maximum atomic E-state index is 12.4. The molecule has 0 aliphatic rings. The fraction of sp³-hybridized carbons (Fsp3) is 0.118. The third kappa shape index (κ3) is 3.38. The molecule has 0 atom stereocenters. The van der Waals surface area contributed by atoms with E-state index in [1.165, 1.54) is 0 Å². The van der Waals surface area contributed by atoms with Gasteiger partial charge in [0.05, 0.1) is 17.8 Å². The quantitative estimate of drug-likeness (QED) is 0.775. The van der Waals surface area contributed by atoms with Gasteiger partial charge in [0.15, 0.2) is 5.82 Å². The summed E-state index contributed by atoms with van der Waals surface area (Å²) in [6, 6.07) is 11.9. The van der Waals surface area contributed by atoms with Crippen LogP contribution in [0.25, 0.3) is 11.5 Å². The zero-order valence-electron chi connectivity index (χ0n) is 13.0. The molecule has 0 aliphatic carbocycles. The Hall–Kier alpha value is -2.86. The van der Waals surface area contributed by atoms with Crippen molar-refractivity contribution in [1.29, 1.82) is 0 Å². The van der Waals surface area contributed by atoms with Crippen LogP contribution in [-0.2, 0) is 0 Å². The number of hydrogen-bond acceptors (Lipinski definition) is 5. The third-order valence-corrected chi connectivity index (χ3v) is 3.67. The molecule has 2 aromatic carbocycles. The first-order valence-electron chi connectivity index (χ1n) is 7.12. The normalized spacial score (nSPS) is 10.5. The standard InChI is InChI=1S/C17H14ClN3O3/c1-10-19-17(24-21-10)12-5-3-11(4-6-12)16(22)20-15-9-13(23-2)7-8-14(15)18/h3-9H,1-2H3,(H,20,22). The van der Waals surface area contributed by atoms with Gasteiger partial charge < -0.3 is 14.6 Å². The lowest BCUT2D eigenvalue weighted by Gasteiger charge is -2.09. The van der Waals surface area contributed by atoms with E-state index in [0.29, 0.717) is 33.7 Å². The Labute approximate surface area is 143 Å². The van der Waals surface area contributed by atoms with Crippen molar-refractivity contribution >= 4 is 23.2 Å². The van der Waals surface area contributed by atoms with E-state index in [4.69, 9.17) is 20.9 Å². The van der Waals surface area contributed by atoms with Crippen LogP contribution in [0.3, 0.4) is 0 Å². The molecule has 3 rings (SSSR count). The number of anilines is 1. The smallest absolute Gasteiger partial charge is 0.257 e. The van der Waals surface area contributed by atoms with Gasteiger partial charge in [-0.25, -0.2) is 0 Å². The maximum absolute atomic E-state index is 12.4. The number of nitrogens with one attached hydrogen (secondary N) is 1. The molecule has 1 aromatic heterocycles. The van der Waals surface area contributed by atoms with E-state index in [-0.39, 0.29) is 5.91 Å². The van der Waals surface area contributed by atoms with E-state index in [0.717, 1.165) is 5.56 Å². The van der Waals surface area contributed by atoms with Crippen molar-refractivity contribution in [1.82, 2.24) is 10.1 Å². The predicted octanol–water partition coefficient (Wildman–Crippen LogP) is 3.96. The van der Waals surface area contributed by atoms with Crippen LogP contribution in [-0.4, -0.2) is 23.2 Å². The molecule has 6 nitrogen and oxygen atoms in total. The lowest BCUT2D eigenvalue weighted by Crippen LogP contribution is -2.12. The predicted molar refractivity (Wildman–Crippen MR) is 90.4 cm³/mol. The van der Waals surface area contributed by atoms with Gasteiger partial charge in [0.2, 0.25) is 0 Å². The highest BCUT2D eigenvalue weighted by Gasteiger charge is 2.11. The van der Waals surface area contributed by atoms with E-state index in [2.05, 4.69) is 15.5 Å². The molecule has 0 radical (unpaired) electrons. The monoisotopic (exact) mass is 343 g/mol. The van der Waals surface area contributed by atoms with Gasteiger partial charge in [-0.2, -0.15) is 4.98 Å². The first kappa shape index (κ1) is 16.0. The zero-order chi connectivity index (χ0) is 17.1. The zero-order valence-corrected chi connectivity index (χ0v) is 13.8. The Morgan fingerprint density at radius 1 is 1.21 bits per heavy atom. The van der Waals surface area contributed by atoms with Gasteiger partial charge in [0, 0.05) is 17.2 Å². The molecule has 0 spiro atoms. The van der Waals surface area contributed by atoms with Crippen LogP contribution >= 0.6 is 11.6 Å². The third-order valence-electron chi connectivity index (χ3n) is 3.34. The van der Waals surface area contributed by atoms with Gasteiger partial charge in [0.25, 0.3) is 11.8 Å². The lowest BCUT2D eigenvalue weighted by atomic mass is 10.1. The number of nitrogens with zero attached hydrogens (tertiary/aromatic N) is 2. The van der Waals surface area contributed by atoms with E-state index < -0.39 is 0 Å².